The van der Waals surface area contributed by atoms with Crippen molar-refractivity contribution in [3.05, 3.63) is 89.0 Å². The Morgan fingerprint density at radius 1 is 0.796 bits per heavy atom. The number of aldehydes is 1. The van der Waals surface area contributed by atoms with E-state index in [0.717, 1.165) is 65.2 Å². The van der Waals surface area contributed by atoms with Crippen molar-refractivity contribution in [1.29, 1.82) is 0 Å². The largest absolute Gasteiger partial charge is 0.468 e. The molecule has 0 radical (unpaired) electrons. The molecule has 1 aliphatic heterocycles. The Kier molecular flexibility index (Phi) is 36.5. The Morgan fingerprint density at radius 2 is 1.31 bits per heavy atom. The zero-order valence-corrected chi connectivity index (χ0v) is 34.3. The van der Waals surface area contributed by atoms with Gasteiger partial charge in [0.15, 0.2) is 0 Å². The van der Waals surface area contributed by atoms with Gasteiger partial charge in [0.05, 0.1) is 26.4 Å². The highest BCUT2D eigenvalue weighted by Crippen LogP contribution is 2.28. The van der Waals surface area contributed by atoms with Crippen LogP contribution in [0.5, 0.6) is 0 Å². The predicted molar refractivity (Wildman–Crippen MR) is 228 cm³/mol. The van der Waals surface area contributed by atoms with E-state index in [9.17, 15) is 14.4 Å². The van der Waals surface area contributed by atoms with Gasteiger partial charge in [0.2, 0.25) is 6.41 Å². The van der Waals surface area contributed by atoms with Gasteiger partial charge < -0.3 is 40.4 Å². The molecule has 3 aromatic carbocycles. The number of nitrogens with two attached hydrogens (primary N) is 1. The van der Waals surface area contributed by atoms with Gasteiger partial charge in [0, 0.05) is 52.2 Å². The Hall–Kier alpha value is -2.88. The van der Waals surface area contributed by atoms with Crippen molar-refractivity contribution >= 4 is 54.5 Å². The van der Waals surface area contributed by atoms with Crippen LogP contribution in [0.15, 0.2) is 81.4 Å². The summed E-state index contributed by atoms with van der Waals surface area (Å²) in [5.74, 6) is 2.85. The quantitative estimate of drug-likeness (QED) is 0.0639. The monoisotopic (exact) mass is 807 g/mol. The normalized spacial score (nSPS) is 11.2. The summed E-state index contributed by atoms with van der Waals surface area (Å²) in [6.07, 6.45) is 3.41. The molecular weight excluding hydrogens is 743 g/mol. The summed E-state index contributed by atoms with van der Waals surface area (Å²) in [5.41, 5.74) is 9.30. The van der Waals surface area contributed by atoms with Crippen LogP contribution in [-0.2, 0) is 45.5 Å². The highest BCUT2D eigenvalue weighted by Gasteiger charge is 2.13. The van der Waals surface area contributed by atoms with E-state index in [4.69, 9.17) is 21.1 Å². The molecule has 304 valence electrons. The zero-order chi connectivity index (χ0) is 39.5. The molecule has 0 atom stereocenters. The zero-order valence-electron chi connectivity index (χ0n) is 31.9. The number of benzene rings is 3. The summed E-state index contributed by atoms with van der Waals surface area (Å²) >= 11 is 5.24. The number of aliphatic hydroxyl groups excluding tert-OH is 3. The summed E-state index contributed by atoms with van der Waals surface area (Å²) in [5, 5.41) is 26.6. The summed E-state index contributed by atoms with van der Waals surface area (Å²) < 4.78 is 4.15. The van der Waals surface area contributed by atoms with Gasteiger partial charge in [0.25, 0.3) is 6.47 Å². The molecule has 1 amide bonds. The van der Waals surface area contributed by atoms with Gasteiger partial charge in [-0.05, 0) is 91.3 Å². The average Bonchev–Trinajstić information content (AvgIpc) is 3.43. The maximum atomic E-state index is 10.7. The molecule has 0 spiro atoms. The molecule has 5 N–H and O–H groups in total. The first kappa shape index (κ1) is 53.2. The highest BCUT2D eigenvalue weighted by molar-refractivity contribution is 7.99. The van der Waals surface area contributed by atoms with Crippen LogP contribution in [0, 0.1) is 0 Å². The van der Waals surface area contributed by atoms with E-state index in [1.54, 1.807) is 47.1 Å². The minimum absolute atomic E-state index is 0. The second kappa shape index (κ2) is 37.1. The first-order valence-corrected chi connectivity index (χ1v) is 20.9. The van der Waals surface area contributed by atoms with E-state index in [1.165, 1.54) is 34.3 Å². The molecule has 0 aliphatic carbocycles. The molecule has 0 saturated heterocycles. The van der Waals surface area contributed by atoms with Gasteiger partial charge >= 0.3 is 0 Å². The molecule has 3 aromatic rings. The molecule has 54 heavy (non-hydrogen) atoms. The van der Waals surface area contributed by atoms with Crippen molar-refractivity contribution in [2.45, 2.75) is 89.0 Å². The van der Waals surface area contributed by atoms with Crippen LogP contribution in [-0.4, -0.2) is 101 Å². The van der Waals surface area contributed by atoms with Crippen molar-refractivity contribution in [3.63, 3.8) is 0 Å². The fourth-order valence-corrected chi connectivity index (χ4v) is 6.89. The number of fused-ring (bicyclic) bond motifs is 1. The van der Waals surface area contributed by atoms with E-state index in [-0.39, 0.29) is 27.2 Å². The first-order chi connectivity index (χ1) is 25.8. The number of carbonyl (C=O) groups is 3. The summed E-state index contributed by atoms with van der Waals surface area (Å²) in [7, 11) is 0. The van der Waals surface area contributed by atoms with Gasteiger partial charge in [0.1, 0.15) is 6.29 Å². The Morgan fingerprint density at radius 3 is 1.70 bits per heavy atom. The molecular formula is C41H65N3O7S3. The number of unbranched alkanes of at least 4 members (excludes halogenated alkanes) is 1. The van der Waals surface area contributed by atoms with Crippen molar-refractivity contribution in [2.24, 2.45) is 5.73 Å². The molecule has 13 heteroatoms. The number of nitrogens with zero attached hydrogens (tertiary/aromatic N) is 2. The molecule has 10 nitrogen and oxygen atoms in total. The van der Waals surface area contributed by atoms with Gasteiger partial charge in [-0.1, -0.05) is 64.6 Å². The van der Waals surface area contributed by atoms with Crippen LogP contribution in [0.2, 0.25) is 0 Å². The predicted octanol–water partition coefficient (Wildman–Crippen LogP) is 6.89. The van der Waals surface area contributed by atoms with E-state index in [0.29, 0.717) is 32.6 Å². The van der Waals surface area contributed by atoms with Crippen molar-refractivity contribution < 1.29 is 34.4 Å². The Balaban J connectivity index is 0. The maximum Gasteiger partial charge on any atom is 0.293 e. The fourth-order valence-electron chi connectivity index (χ4n) is 4.31. The average molecular weight is 808 g/mol. The van der Waals surface area contributed by atoms with E-state index in [2.05, 4.69) is 30.4 Å². The third kappa shape index (κ3) is 26.0. The van der Waals surface area contributed by atoms with E-state index < -0.39 is 0 Å². The molecule has 0 unspecified atom stereocenters. The van der Waals surface area contributed by atoms with Gasteiger partial charge in [-0.25, -0.2) is 0 Å². The molecule has 0 fully saturated rings. The topological polar surface area (TPSA) is 154 Å². The molecule has 1 aliphatic rings. The maximum absolute atomic E-state index is 10.7. The number of hydrogen-bond acceptors (Lipinski definition) is 12. The van der Waals surface area contributed by atoms with Crippen LogP contribution in [0.25, 0.3) is 0 Å². The summed E-state index contributed by atoms with van der Waals surface area (Å²) in [6.45, 7) is 15.2. The SMILES string of the molecule is C.CCN(CC)CC.CCOC=O.NCCSc1ccc(CO)cc1.O=CCCCSc1ccc(CO)cc1.O=CN1CCSc2ccc(CO)cc2C1. The standard InChI is InChI=1S/C11H13NO2S.C11H14O2S.C9H13NOS.C6H15N.C3H6O2.CH4/c13-7-9-1-2-11-10(5-9)6-12(8-14)3-4-15-11;12-7-1-2-8-14-11-5-3-10(9-13)4-6-11;10-5-6-12-9-3-1-8(7-11)2-4-9;1-4-7(5-2)6-3;1-2-5-3-4;/h1-2,5,8,13H,3-4,6-7H2;3-7,13H,1-2,8-9H2;1-4,11H,5-7,10H2;4-6H2,1-3H3;3H,2H2,1H3;1H4. The van der Waals surface area contributed by atoms with E-state index in [1.807, 2.05) is 66.7 Å². The third-order valence-corrected chi connectivity index (χ3v) is 10.6. The lowest BCUT2D eigenvalue weighted by Gasteiger charge is -2.14. The lowest BCUT2D eigenvalue weighted by atomic mass is 10.1. The molecule has 4 rings (SSSR count). The summed E-state index contributed by atoms with van der Waals surface area (Å²) in [4.78, 5) is 37.7. The number of ether oxygens (including phenoxy) is 1. The minimum Gasteiger partial charge on any atom is -0.468 e. The number of aliphatic hydroxyl groups is 3. The highest BCUT2D eigenvalue weighted by atomic mass is 32.2. The third-order valence-electron chi connectivity index (χ3n) is 7.38. The van der Waals surface area contributed by atoms with Crippen molar-refractivity contribution in [3.8, 4) is 0 Å². The first-order valence-electron chi connectivity index (χ1n) is 17.9. The molecule has 0 saturated carbocycles. The number of amides is 1. The van der Waals surface area contributed by atoms with Crippen LogP contribution in [0.4, 0.5) is 0 Å². The van der Waals surface area contributed by atoms with Crippen LogP contribution in [0.1, 0.15) is 70.2 Å². The lowest BCUT2D eigenvalue weighted by Crippen LogP contribution is -2.22. The van der Waals surface area contributed by atoms with Crippen LogP contribution < -0.4 is 5.73 Å². The van der Waals surface area contributed by atoms with Crippen LogP contribution in [0.3, 0.4) is 0 Å². The smallest absolute Gasteiger partial charge is 0.293 e. The van der Waals surface area contributed by atoms with Crippen LogP contribution >= 0.6 is 35.3 Å². The van der Waals surface area contributed by atoms with Gasteiger partial charge in [-0.2, -0.15) is 0 Å². The number of thioether (sulfide) groups is 3. The molecule has 0 aromatic heterocycles. The Bertz CT molecular complexity index is 1330. The molecule has 1 heterocycles. The number of hydrogen-bond donors (Lipinski definition) is 4. The van der Waals surface area contributed by atoms with Gasteiger partial charge in [-0.3, -0.25) is 9.59 Å². The second-order valence-electron chi connectivity index (χ2n) is 11.1. The van der Waals surface area contributed by atoms with E-state index >= 15 is 0 Å². The lowest BCUT2D eigenvalue weighted by molar-refractivity contribution is -0.128. The minimum atomic E-state index is 0. The molecule has 0 bridgehead atoms. The number of rotatable bonds is 17. The van der Waals surface area contributed by atoms with Crippen molar-refractivity contribution in [1.82, 2.24) is 9.80 Å². The fraction of sp³-hybridized carbons (Fsp3) is 0.488. The van der Waals surface area contributed by atoms with Gasteiger partial charge in [-0.15, -0.1) is 35.3 Å². The number of carbonyl (C=O) groups excluding carboxylic acids is 3. The van der Waals surface area contributed by atoms with Crippen molar-refractivity contribution in [2.75, 3.05) is 56.6 Å². The summed E-state index contributed by atoms with van der Waals surface area (Å²) in [6, 6.07) is 21.6. The Labute approximate surface area is 337 Å². The second-order valence-corrected chi connectivity index (χ2v) is 14.6.